The minimum Gasteiger partial charge on any atom is -0.456 e. The number of hydrogen-bond donors (Lipinski definition) is 0. The van der Waals surface area contributed by atoms with Crippen molar-refractivity contribution >= 4 is 154 Å². The van der Waals surface area contributed by atoms with Crippen molar-refractivity contribution in [2.75, 3.05) is 9.80 Å². The van der Waals surface area contributed by atoms with E-state index in [1.165, 1.54) is 16.3 Å². The largest absolute Gasteiger partial charge is 0.456 e. The van der Waals surface area contributed by atoms with Gasteiger partial charge < -0.3 is 18.2 Å². The molecule has 0 unspecified atom stereocenters. The average Bonchev–Trinajstić information content (AvgIpc) is 1.44. The molecule has 118 heavy (non-hydrogen) atoms. The molecule has 0 aliphatic heterocycles. The van der Waals surface area contributed by atoms with E-state index in [0.29, 0.717) is 11.4 Å². The SMILES string of the molecule is CC(C)c1ccc2c(c1)oc1c2c(N(c2ccc3cc4ccccc4cc3c2)c2cccc3ccc(-c4ccccc4)cc23)cc2c(-c3ccc(-c4ccccc4)cc3)c(-c3ccccc3)c3c(-c4ccccc4-c4ccccc4)cc4oc5cc(N(c6ccc(-c7ccccc7)cn6)c6cccc7c6oc6ccccc67)ccc5c4c3c21. The van der Waals surface area contributed by atoms with Crippen LogP contribution in [0.1, 0.15) is 25.3 Å². The van der Waals surface area contributed by atoms with E-state index in [1.807, 2.05) is 24.4 Å². The Hall–Kier alpha value is -15.4. The van der Waals surface area contributed by atoms with E-state index in [1.54, 1.807) is 0 Å². The van der Waals surface area contributed by atoms with Crippen molar-refractivity contribution < 1.29 is 13.3 Å². The number of nitrogens with zero attached hydrogens (tertiary/aromatic N) is 3. The zero-order valence-electron chi connectivity index (χ0n) is 64.7. The highest BCUT2D eigenvalue weighted by atomic mass is 16.3. The predicted molar refractivity (Wildman–Crippen MR) is 495 cm³/mol. The van der Waals surface area contributed by atoms with E-state index in [4.69, 9.17) is 18.2 Å². The van der Waals surface area contributed by atoms with Crippen LogP contribution >= 0.6 is 0 Å². The number of aromatic nitrogens is 1. The third kappa shape index (κ3) is 11.3. The molecule has 6 nitrogen and oxygen atoms in total. The van der Waals surface area contributed by atoms with Gasteiger partial charge in [-0.1, -0.05) is 311 Å². The smallest absolute Gasteiger partial charge is 0.159 e. The summed E-state index contributed by atoms with van der Waals surface area (Å²) in [6, 6.07) is 144. The van der Waals surface area contributed by atoms with Crippen LogP contribution in [0.15, 0.2) is 414 Å². The summed E-state index contributed by atoms with van der Waals surface area (Å²) in [5, 5.41) is 16.8. The second-order valence-corrected chi connectivity index (χ2v) is 31.3. The number of pyridine rings is 1. The summed E-state index contributed by atoms with van der Waals surface area (Å²) in [4.78, 5) is 10.1. The monoisotopic (exact) mass is 1510 g/mol. The molecule has 554 valence electrons. The molecule has 4 aromatic heterocycles. The van der Waals surface area contributed by atoms with Gasteiger partial charge in [0.05, 0.1) is 28.1 Å². The van der Waals surface area contributed by atoms with E-state index < -0.39 is 0 Å². The van der Waals surface area contributed by atoms with E-state index in [9.17, 15) is 0 Å². The van der Waals surface area contributed by atoms with Crippen molar-refractivity contribution in [2.24, 2.45) is 0 Å². The molecular weight excluding hydrogens is 1440 g/mol. The summed E-state index contributed by atoms with van der Waals surface area (Å²) < 4.78 is 22.9. The van der Waals surface area contributed by atoms with Gasteiger partial charge in [-0.25, -0.2) is 4.98 Å². The number of hydrogen-bond acceptors (Lipinski definition) is 6. The third-order valence-corrected chi connectivity index (χ3v) is 24.2. The first kappa shape index (κ1) is 68.2. The molecule has 6 heteroatoms. The molecule has 19 aromatic carbocycles. The van der Waals surface area contributed by atoms with E-state index in [0.717, 1.165) is 210 Å². The molecule has 23 rings (SSSR count). The molecule has 0 aliphatic carbocycles. The fraction of sp³-hybridized carbons (Fsp3) is 0.0268. The molecule has 0 bridgehead atoms. The molecule has 4 heterocycles. The Morgan fingerprint density at radius 3 is 1.51 bits per heavy atom. The Balaban J connectivity index is 0.903. The van der Waals surface area contributed by atoms with Crippen molar-refractivity contribution in [1.29, 1.82) is 0 Å². The summed E-state index contributed by atoms with van der Waals surface area (Å²) in [5.41, 5.74) is 25.5. The molecule has 0 N–H and O–H groups in total. The first-order valence-electron chi connectivity index (χ1n) is 40.5. The summed E-state index contributed by atoms with van der Waals surface area (Å²) in [6.45, 7) is 4.54. The van der Waals surface area contributed by atoms with Gasteiger partial charge in [-0.15, -0.1) is 0 Å². The minimum atomic E-state index is 0.203. The van der Waals surface area contributed by atoms with Crippen LogP contribution in [0.25, 0.3) is 198 Å². The lowest BCUT2D eigenvalue weighted by Gasteiger charge is -2.30. The maximum absolute atomic E-state index is 8.16. The van der Waals surface area contributed by atoms with Crippen LogP contribution in [-0.2, 0) is 0 Å². The molecule has 0 spiro atoms. The Morgan fingerprint density at radius 1 is 0.237 bits per heavy atom. The van der Waals surface area contributed by atoms with Gasteiger partial charge in [0, 0.05) is 66.6 Å². The van der Waals surface area contributed by atoms with Gasteiger partial charge in [-0.3, -0.25) is 4.90 Å². The van der Waals surface area contributed by atoms with Gasteiger partial charge in [0.15, 0.2) is 5.58 Å². The van der Waals surface area contributed by atoms with Crippen LogP contribution in [-0.4, -0.2) is 4.98 Å². The number of fused-ring (bicyclic) bond motifs is 17. The number of rotatable bonds is 14. The number of para-hydroxylation sites is 2. The Labute approximate surface area is 681 Å². The predicted octanol–water partition coefficient (Wildman–Crippen LogP) is 32.3. The summed E-state index contributed by atoms with van der Waals surface area (Å²) in [7, 11) is 0. The lowest BCUT2D eigenvalue weighted by atomic mass is 9.79. The highest BCUT2D eigenvalue weighted by Gasteiger charge is 2.33. The van der Waals surface area contributed by atoms with Gasteiger partial charge in [-0.05, 0) is 213 Å². The Morgan fingerprint density at radius 2 is 0.771 bits per heavy atom. The quantitative estimate of drug-likeness (QED) is 0.0799. The second-order valence-electron chi connectivity index (χ2n) is 31.3. The van der Waals surface area contributed by atoms with Crippen LogP contribution in [0.5, 0.6) is 0 Å². The van der Waals surface area contributed by atoms with E-state index in [-0.39, 0.29) is 5.92 Å². The van der Waals surface area contributed by atoms with Crippen LogP contribution in [0.3, 0.4) is 0 Å². The zero-order chi connectivity index (χ0) is 78.1. The summed E-state index contributed by atoms with van der Waals surface area (Å²) >= 11 is 0. The molecular formula is C112H73N3O3. The van der Waals surface area contributed by atoms with Crippen molar-refractivity contribution in [2.45, 2.75) is 19.8 Å². The van der Waals surface area contributed by atoms with Crippen LogP contribution in [0.2, 0.25) is 0 Å². The Bertz CT molecular complexity index is 7930. The minimum absolute atomic E-state index is 0.203. The molecule has 0 amide bonds. The third-order valence-electron chi connectivity index (χ3n) is 24.2. The summed E-state index contributed by atoms with van der Waals surface area (Å²) in [5.74, 6) is 0.917. The molecule has 0 saturated carbocycles. The van der Waals surface area contributed by atoms with Gasteiger partial charge in [-0.2, -0.15) is 0 Å². The van der Waals surface area contributed by atoms with Crippen molar-refractivity contribution in [3.8, 4) is 77.9 Å². The maximum atomic E-state index is 8.16. The second kappa shape index (κ2) is 27.7. The fourth-order valence-electron chi connectivity index (χ4n) is 18.6. The Kier molecular flexibility index (Phi) is 16.0. The number of anilines is 6. The van der Waals surface area contributed by atoms with Gasteiger partial charge in [0.1, 0.15) is 33.7 Å². The lowest BCUT2D eigenvalue weighted by Crippen LogP contribution is -2.11. The van der Waals surface area contributed by atoms with Crippen LogP contribution < -0.4 is 9.80 Å². The molecule has 23 aromatic rings. The lowest BCUT2D eigenvalue weighted by molar-refractivity contribution is 0.667. The summed E-state index contributed by atoms with van der Waals surface area (Å²) in [6.07, 6.45) is 1.97. The van der Waals surface area contributed by atoms with Gasteiger partial charge in [0.25, 0.3) is 0 Å². The average molecular weight is 1510 g/mol. The first-order valence-corrected chi connectivity index (χ1v) is 40.5. The van der Waals surface area contributed by atoms with Gasteiger partial charge >= 0.3 is 0 Å². The molecule has 0 aliphatic rings. The maximum Gasteiger partial charge on any atom is 0.159 e. The van der Waals surface area contributed by atoms with Crippen LogP contribution in [0, 0.1) is 0 Å². The molecule has 0 fully saturated rings. The number of benzene rings is 19. The molecule has 0 radical (unpaired) electrons. The number of furan rings is 3. The van der Waals surface area contributed by atoms with Gasteiger partial charge in [0.2, 0.25) is 0 Å². The van der Waals surface area contributed by atoms with E-state index in [2.05, 4.69) is 400 Å². The topological polar surface area (TPSA) is 58.8 Å². The van der Waals surface area contributed by atoms with Crippen molar-refractivity contribution in [3.05, 3.63) is 406 Å². The van der Waals surface area contributed by atoms with Crippen molar-refractivity contribution in [1.82, 2.24) is 4.98 Å². The zero-order valence-corrected chi connectivity index (χ0v) is 64.7. The normalized spacial score (nSPS) is 11.9. The van der Waals surface area contributed by atoms with Crippen molar-refractivity contribution in [3.63, 3.8) is 0 Å². The highest BCUT2D eigenvalue weighted by Crippen LogP contribution is 2.58. The van der Waals surface area contributed by atoms with E-state index >= 15 is 0 Å². The van der Waals surface area contributed by atoms with Crippen LogP contribution in [0.4, 0.5) is 34.3 Å². The highest BCUT2D eigenvalue weighted by molar-refractivity contribution is 6.41. The first-order chi connectivity index (χ1) is 58.3. The molecule has 0 saturated heterocycles. The fourth-order valence-corrected chi connectivity index (χ4v) is 18.6. The molecule has 0 atom stereocenters. The standard InChI is InChI=1S/C112H73N3O3/c1-69(2)78-53-57-91-100(64-78)118-112-106(91)98(114(85-55-52-81-60-79-36-18-19-37-80(79)61-84(81)62-85)96-43-24-38-75-48-51-82(63-93(75)96)71-28-10-4-11-29-71)66-95-104(77-49-46-73(47-50-77)70-26-8-3-9-27-70)105(76-34-16-7-17-35-76)108-94(88-40-21-20-39-87(88)74-32-14-6-15-33-74)67-102-107(110(108)109(95)112)92-58-56-86(65-101(92)116-102)115(103-59-54-83(68-113-103)72-30-12-5-13-31-72)97-44-25-42-90-89-41-22-23-45-99(89)117-111(90)97/h3-69H,1-2H3.